The van der Waals surface area contributed by atoms with Crippen molar-refractivity contribution < 1.29 is 9.59 Å². The quantitative estimate of drug-likeness (QED) is 0.390. The first-order valence-electron chi connectivity index (χ1n) is 10.0. The Hall–Kier alpha value is -1.21. The predicted molar refractivity (Wildman–Crippen MR) is 109 cm³/mol. The molecule has 1 aliphatic rings. The van der Waals surface area contributed by atoms with Gasteiger partial charge in [0.1, 0.15) is 0 Å². The van der Waals surface area contributed by atoms with E-state index in [-0.39, 0.29) is 11.8 Å². The number of benzene rings is 1. The van der Waals surface area contributed by atoms with Gasteiger partial charge in [-0.15, -0.1) is 0 Å². The number of imide groups is 1. The van der Waals surface area contributed by atoms with Gasteiger partial charge in [-0.2, -0.15) is 0 Å². The molecule has 2 amide bonds. The summed E-state index contributed by atoms with van der Waals surface area (Å²) < 4.78 is 0. The second kappa shape index (κ2) is 9.48. The third-order valence-electron chi connectivity index (χ3n) is 5.55. The molecule has 1 heterocycles. The number of hydrogen-bond acceptors (Lipinski definition) is 2. The molecule has 0 radical (unpaired) electrons. The molecule has 0 N–H and O–H groups in total. The van der Waals surface area contributed by atoms with Gasteiger partial charge in [-0.25, -0.2) is 0 Å². The number of nitrogens with zero attached hydrogens (tertiary/aromatic N) is 1. The Kier molecular flexibility index (Phi) is 7.62. The molecular weight excluding hydrogens is 329 g/mol. The van der Waals surface area contributed by atoms with Crippen molar-refractivity contribution in [2.75, 3.05) is 24.8 Å². The van der Waals surface area contributed by atoms with Gasteiger partial charge < -0.3 is 0 Å². The molecule has 140 valence electrons. The second-order valence-electron chi connectivity index (χ2n) is 7.55. The van der Waals surface area contributed by atoms with Crippen LogP contribution < -0.4 is 0 Å². The van der Waals surface area contributed by atoms with E-state index in [0.29, 0.717) is 11.1 Å². The zero-order chi connectivity index (χ0) is 18.3. The molecule has 0 aliphatic carbocycles. The van der Waals surface area contributed by atoms with Crippen LogP contribution in [-0.4, -0.2) is 41.5 Å². The Labute approximate surface area is 153 Å². The van der Waals surface area contributed by atoms with Crippen molar-refractivity contribution in [2.24, 2.45) is 0 Å². The van der Waals surface area contributed by atoms with Gasteiger partial charge in [-0.05, 0) is 0 Å². The average Bonchev–Trinajstić information content (AvgIpc) is 2.88. The Morgan fingerprint density at radius 3 is 1.52 bits per heavy atom. The van der Waals surface area contributed by atoms with Crippen LogP contribution >= 0.6 is 7.26 Å². The number of rotatable bonds is 11. The summed E-state index contributed by atoms with van der Waals surface area (Å²) in [6.45, 7) is 6.71. The molecule has 1 aromatic rings. The van der Waals surface area contributed by atoms with Gasteiger partial charge in [-0.3, -0.25) is 0 Å². The van der Waals surface area contributed by atoms with Gasteiger partial charge >= 0.3 is 153 Å². The number of fused-ring (bicyclic) bond motifs is 1. The first-order chi connectivity index (χ1) is 12.1. The van der Waals surface area contributed by atoms with Gasteiger partial charge in [0.15, 0.2) is 0 Å². The van der Waals surface area contributed by atoms with Gasteiger partial charge in [0.25, 0.3) is 0 Å². The van der Waals surface area contributed by atoms with Crippen molar-refractivity contribution in [3.05, 3.63) is 35.4 Å². The number of amides is 2. The standard InChI is InChI=1S/C21H34NO2P/c1-4-7-14-25(15-8-5-2,16-9-6-3)17-22-20(23)18-12-10-11-13-19(18)21(22)24/h10-13,25H,4-9,14-17H2,1-3H3. The van der Waals surface area contributed by atoms with Crippen molar-refractivity contribution in [2.45, 2.75) is 59.3 Å². The second-order valence-corrected chi connectivity index (χ2v) is 12.4. The van der Waals surface area contributed by atoms with E-state index >= 15 is 0 Å². The third kappa shape index (κ3) is 4.70. The first-order valence-corrected chi connectivity index (χ1v) is 12.9. The molecule has 0 saturated carbocycles. The molecule has 0 atom stereocenters. The summed E-state index contributed by atoms with van der Waals surface area (Å²) in [5.74, 6) is -0.135. The summed E-state index contributed by atoms with van der Waals surface area (Å²) in [5.41, 5.74) is 1.19. The molecule has 0 fully saturated rings. The van der Waals surface area contributed by atoms with Crippen LogP contribution in [0.15, 0.2) is 24.3 Å². The van der Waals surface area contributed by atoms with E-state index in [4.69, 9.17) is 0 Å². The Balaban J connectivity index is 2.25. The van der Waals surface area contributed by atoms with Crippen molar-refractivity contribution in [1.29, 1.82) is 0 Å². The number of hydrogen-bond donors (Lipinski definition) is 0. The molecule has 2 rings (SSSR count). The monoisotopic (exact) mass is 363 g/mol. The van der Waals surface area contributed by atoms with E-state index < -0.39 is 7.26 Å². The fourth-order valence-corrected chi connectivity index (χ4v) is 9.48. The zero-order valence-corrected chi connectivity index (χ0v) is 17.1. The number of carbonyl (C=O) groups is 2. The molecule has 0 bridgehead atoms. The Morgan fingerprint density at radius 1 is 0.760 bits per heavy atom. The van der Waals surface area contributed by atoms with Crippen LogP contribution in [0.25, 0.3) is 0 Å². The molecule has 3 nitrogen and oxygen atoms in total. The fraction of sp³-hybridized carbons (Fsp3) is 0.619. The molecule has 0 unspecified atom stereocenters. The van der Waals surface area contributed by atoms with E-state index in [0.717, 1.165) is 6.29 Å². The number of unbranched alkanes of at least 4 members (excludes halogenated alkanes) is 3. The van der Waals surface area contributed by atoms with Crippen LogP contribution in [0, 0.1) is 0 Å². The summed E-state index contributed by atoms with van der Waals surface area (Å²) in [7, 11) is -1.66. The van der Waals surface area contributed by atoms with E-state index in [9.17, 15) is 9.59 Å². The predicted octanol–water partition coefficient (Wildman–Crippen LogP) is 5.39. The maximum absolute atomic E-state index is 12.8. The maximum atomic E-state index is 12.8. The average molecular weight is 363 g/mol. The molecule has 4 heteroatoms. The van der Waals surface area contributed by atoms with Crippen LogP contribution in [0.4, 0.5) is 0 Å². The molecule has 1 aliphatic heterocycles. The Bertz CT molecular complexity index is 543. The minimum absolute atomic E-state index is 0.0676. The minimum atomic E-state index is -1.66. The SMILES string of the molecule is CCCC[PH](CCCC)(CCCC)CN1C(=O)c2ccccc2C1=O. The molecule has 0 saturated heterocycles. The normalized spacial score (nSPS) is 14.9. The van der Waals surface area contributed by atoms with E-state index in [1.807, 2.05) is 12.1 Å². The van der Waals surface area contributed by atoms with E-state index in [2.05, 4.69) is 20.8 Å². The van der Waals surface area contributed by atoms with Crippen LogP contribution in [0.3, 0.4) is 0 Å². The topological polar surface area (TPSA) is 37.4 Å². The number of carbonyl (C=O) groups excluding carboxylic acids is 2. The van der Waals surface area contributed by atoms with Crippen LogP contribution in [0.2, 0.25) is 0 Å². The van der Waals surface area contributed by atoms with Crippen LogP contribution in [-0.2, 0) is 0 Å². The van der Waals surface area contributed by atoms with Crippen LogP contribution in [0.5, 0.6) is 0 Å². The van der Waals surface area contributed by atoms with E-state index in [1.165, 1.54) is 57.0 Å². The van der Waals surface area contributed by atoms with Crippen LogP contribution in [0.1, 0.15) is 80.0 Å². The third-order valence-corrected chi connectivity index (χ3v) is 10.8. The summed E-state index contributed by atoms with van der Waals surface area (Å²) in [6.07, 6.45) is 11.7. The van der Waals surface area contributed by atoms with Gasteiger partial charge in [-0.1, -0.05) is 0 Å². The van der Waals surface area contributed by atoms with Crippen molar-refractivity contribution >= 4 is 19.1 Å². The molecule has 0 spiro atoms. The summed E-state index contributed by atoms with van der Waals surface area (Å²) in [4.78, 5) is 27.3. The van der Waals surface area contributed by atoms with Crippen molar-refractivity contribution in [3.8, 4) is 0 Å². The van der Waals surface area contributed by atoms with Crippen molar-refractivity contribution in [3.63, 3.8) is 0 Å². The van der Waals surface area contributed by atoms with Gasteiger partial charge in [0.2, 0.25) is 0 Å². The molecular formula is C21H34NO2P. The summed E-state index contributed by atoms with van der Waals surface area (Å²) >= 11 is 0. The first kappa shape index (κ1) is 20.1. The fourth-order valence-electron chi connectivity index (χ4n) is 3.99. The van der Waals surface area contributed by atoms with Crippen molar-refractivity contribution in [1.82, 2.24) is 4.90 Å². The molecule has 1 aromatic carbocycles. The summed E-state index contributed by atoms with van der Waals surface area (Å²) in [5, 5.41) is 0. The zero-order valence-electron chi connectivity index (χ0n) is 16.1. The molecule has 25 heavy (non-hydrogen) atoms. The molecule has 0 aromatic heterocycles. The van der Waals surface area contributed by atoms with Gasteiger partial charge in [0, 0.05) is 0 Å². The van der Waals surface area contributed by atoms with Gasteiger partial charge in [0.05, 0.1) is 0 Å². The Morgan fingerprint density at radius 2 is 1.16 bits per heavy atom. The van der Waals surface area contributed by atoms with E-state index in [1.54, 1.807) is 17.0 Å². The summed E-state index contributed by atoms with van der Waals surface area (Å²) in [6, 6.07) is 7.29.